The Kier molecular flexibility index (Phi) is 3.73. The van der Waals surface area contributed by atoms with Crippen LogP contribution in [0, 0.1) is 0 Å². The number of rotatable bonds is 2. The van der Waals surface area contributed by atoms with E-state index in [9.17, 15) is 13.2 Å². The van der Waals surface area contributed by atoms with Crippen molar-refractivity contribution in [3.63, 3.8) is 0 Å². The fourth-order valence-corrected chi connectivity index (χ4v) is 5.51. The summed E-state index contributed by atoms with van der Waals surface area (Å²) < 4.78 is 47.7. The van der Waals surface area contributed by atoms with Crippen molar-refractivity contribution < 1.29 is 22.2 Å². The van der Waals surface area contributed by atoms with E-state index in [1.165, 1.54) is 23.5 Å². The van der Waals surface area contributed by atoms with Crippen molar-refractivity contribution in [3.8, 4) is 5.75 Å². The zero-order chi connectivity index (χ0) is 12.5. The Morgan fingerprint density at radius 3 is 2.41 bits per heavy atom. The van der Waals surface area contributed by atoms with Crippen molar-refractivity contribution in [1.29, 1.82) is 0 Å². The summed E-state index contributed by atoms with van der Waals surface area (Å²) in [7, 11) is 0. The summed E-state index contributed by atoms with van der Waals surface area (Å²) in [6.07, 6.45) is -4.34. The van der Waals surface area contributed by atoms with Gasteiger partial charge in [0.05, 0.1) is 12.2 Å². The van der Waals surface area contributed by atoms with Crippen molar-refractivity contribution in [2.75, 3.05) is 12.4 Å². The first-order chi connectivity index (χ1) is 7.89. The van der Waals surface area contributed by atoms with E-state index in [1.54, 1.807) is 0 Å². The summed E-state index contributed by atoms with van der Waals surface area (Å²) in [6.45, 7) is 0.530. The minimum Gasteiger partial charge on any atom is -0.436 e. The number of halogens is 3. The fourth-order valence-electron chi connectivity index (χ4n) is 1.22. The van der Waals surface area contributed by atoms with Gasteiger partial charge in [-0.2, -0.15) is 13.2 Å². The van der Waals surface area contributed by atoms with Gasteiger partial charge in [0.15, 0.2) is 0 Å². The Morgan fingerprint density at radius 2 is 1.94 bits per heavy atom. The van der Waals surface area contributed by atoms with E-state index < -0.39 is 17.4 Å². The molecule has 1 unspecified atom stereocenters. The molecule has 1 aliphatic rings. The minimum atomic E-state index is -4.34. The van der Waals surface area contributed by atoms with E-state index in [2.05, 4.69) is 0 Å². The van der Waals surface area contributed by atoms with Crippen LogP contribution in [0.25, 0.3) is 0 Å². The molecule has 2 nitrogen and oxygen atoms in total. The van der Waals surface area contributed by atoms with Gasteiger partial charge >= 0.3 is 6.18 Å². The van der Waals surface area contributed by atoms with Crippen LogP contribution in [-0.4, -0.2) is 12.4 Å². The quantitative estimate of drug-likeness (QED) is 0.766. The van der Waals surface area contributed by atoms with Crippen LogP contribution < -0.4 is 4.52 Å². The third-order valence-electron chi connectivity index (χ3n) is 1.98. The molecule has 17 heavy (non-hydrogen) atoms. The third-order valence-corrected chi connectivity index (χ3v) is 7.10. The highest BCUT2D eigenvalue weighted by molar-refractivity contribution is 8.68. The second-order valence-corrected chi connectivity index (χ2v) is 9.58. The van der Waals surface area contributed by atoms with Crippen LogP contribution in [-0.2, 0) is 22.5 Å². The van der Waals surface area contributed by atoms with E-state index in [0.29, 0.717) is 12.4 Å². The van der Waals surface area contributed by atoms with Gasteiger partial charge in [0.1, 0.15) is 5.75 Å². The van der Waals surface area contributed by atoms with Gasteiger partial charge in [0.25, 0.3) is 5.69 Å². The predicted octanol–water partition coefficient (Wildman–Crippen LogP) is 4.07. The Morgan fingerprint density at radius 1 is 1.29 bits per heavy atom. The van der Waals surface area contributed by atoms with Gasteiger partial charge in [0, 0.05) is 5.75 Å². The highest BCUT2D eigenvalue weighted by Gasteiger charge is 2.31. The molecule has 0 N–H and O–H groups in total. The first-order valence-electron chi connectivity index (χ1n) is 4.65. The van der Waals surface area contributed by atoms with E-state index in [-0.39, 0.29) is 0 Å². The summed E-state index contributed by atoms with van der Waals surface area (Å²) in [4.78, 5) is 0. The Labute approximate surface area is 105 Å². The third kappa shape index (κ3) is 3.37. The molecule has 0 saturated carbocycles. The fraction of sp³-hybridized carbons (Fsp3) is 0.333. The predicted molar refractivity (Wildman–Crippen MR) is 64.8 cm³/mol. The number of benzene rings is 1. The van der Waals surface area contributed by atoms with E-state index in [4.69, 9.17) is 20.9 Å². The lowest BCUT2D eigenvalue weighted by molar-refractivity contribution is -0.137. The van der Waals surface area contributed by atoms with Gasteiger partial charge in [-0.1, -0.05) is 11.4 Å². The van der Waals surface area contributed by atoms with Crippen LogP contribution in [0.2, 0.25) is 0 Å². The maximum atomic E-state index is 12.3. The van der Waals surface area contributed by atoms with Crippen molar-refractivity contribution in [1.82, 2.24) is 0 Å². The molecule has 8 heteroatoms. The summed E-state index contributed by atoms with van der Waals surface area (Å²) in [5.74, 6) is 1.08. The Bertz CT molecular complexity index is 437. The lowest BCUT2D eigenvalue weighted by Gasteiger charge is -2.15. The van der Waals surface area contributed by atoms with Crippen molar-refractivity contribution in [3.05, 3.63) is 29.8 Å². The van der Waals surface area contributed by atoms with Gasteiger partial charge in [0.2, 0.25) is 0 Å². The van der Waals surface area contributed by atoms with Gasteiger partial charge in [-0.25, -0.2) is 0 Å². The van der Waals surface area contributed by atoms with Crippen LogP contribution in [0.3, 0.4) is 0 Å². The van der Waals surface area contributed by atoms with Gasteiger partial charge in [-0.3, -0.25) is 0 Å². The second kappa shape index (κ2) is 4.80. The topological polar surface area (TPSA) is 18.5 Å². The highest BCUT2D eigenvalue weighted by atomic mass is 32.9. The molecule has 0 radical (unpaired) electrons. The molecule has 0 aliphatic carbocycles. The van der Waals surface area contributed by atoms with E-state index in [0.717, 1.165) is 17.9 Å². The number of alkyl halides is 3. The molecule has 0 bridgehead atoms. The minimum absolute atomic E-state index is 0.315. The zero-order valence-corrected chi connectivity index (χ0v) is 11.0. The lowest BCUT2D eigenvalue weighted by Crippen LogP contribution is -2.04. The van der Waals surface area contributed by atoms with Crippen LogP contribution in [0.15, 0.2) is 24.3 Å². The maximum Gasteiger partial charge on any atom is 0.416 e. The average Bonchev–Trinajstić information content (AvgIpc) is 2.64. The zero-order valence-electron chi connectivity index (χ0n) is 8.44. The molecule has 0 amide bonds. The molecule has 94 valence electrons. The Balaban J connectivity index is 2.11. The van der Waals surface area contributed by atoms with Gasteiger partial charge in [-0.15, -0.1) is 0 Å². The molecule has 1 saturated heterocycles. The first kappa shape index (κ1) is 13.2. The molecule has 0 spiro atoms. The molecule has 1 aliphatic heterocycles. The van der Waals surface area contributed by atoms with E-state index in [1.807, 2.05) is 0 Å². The summed E-state index contributed by atoms with van der Waals surface area (Å²) in [6, 6.07) is 4.47. The largest absolute Gasteiger partial charge is 0.436 e. The molecule has 1 aromatic carbocycles. The average molecular weight is 300 g/mol. The molecular formula is C9H8F3O2PS2. The van der Waals surface area contributed by atoms with Crippen LogP contribution in [0.1, 0.15) is 5.56 Å². The van der Waals surface area contributed by atoms with Gasteiger partial charge < -0.3 is 9.05 Å². The Hall–Kier alpha value is -0.230. The standard InChI is InChI=1S/C9H8F3O2PS2/c10-9(11,12)7-1-3-8(4-2-7)14-15(16)13-5-6-17-15/h1-4H,5-6H2. The smallest absolute Gasteiger partial charge is 0.416 e. The molecule has 1 heterocycles. The summed E-state index contributed by atoms with van der Waals surface area (Å²) in [5.41, 5.74) is -3.09. The first-order valence-corrected chi connectivity index (χ1v) is 8.88. The SMILES string of the molecule is FC(F)(F)c1ccc(OP2(=S)OCCS2)cc1. The number of hydrogen-bond donors (Lipinski definition) is 0. The molecule has 1 fully saturated rings. The molecule has 0 aromatic heterocycles. The maximum absolute atomic E-state index is 12.3. The molecular weight excluding hydrogens is 292 g/mol. The van der Waals surface area contributed by atoms with E-state index >= 15 is 0 Å². The van der Waals surface area contributed by atoms with Crippen LogP contribution >= 0.6 is 17.1 Å². The summed E-state index contributed by atoms with van der Waals surface area (Å²) in [5, 5.41) is 0. The van der Waals surface area contributed by atoms with Crippen molar-refractivity contribution >= 4 is 28.9 Å². The lowest BCUT2D eigenvalue weighted by atomic mass is 10.2. The van der Waals surface area contributed by atoms with Gasteiger partial charge in [-0.05, 0) is 36.1 Å². The molecule has 2 rings (SSSR count). The number of hydrogen-bond acceptors (Lipinski definition) is 4. The second-order valence-electron chi connectivity index (χ2n) is 3.23. The van der Waals surface area contributed by atoms with Crippen molar-refractivity contribution in [2.24, 2.45) is 0 Å². The van der Waals surface area contributed by atoms with Crippen LogP contribution in [0.4, 0.5) is 13.2 Å². The monoisotopic (exact) mass is 300 g/mol. The summed E-state index contributed by atoms with van der Waals surface area (Å²) >= 11 is 6.57. The molecule has 1 atom stereocenters. The highest BCUT2D eigenvalue weighted by Crippen LogP contribution is 2.63. The van der Waals surface area contributed by atoms with Crippen LogP contribution in [0.5, 0.6) is 5.75 Å². The molecule has 1 aromatic rings. The van der Waals surface area contributed by atoms with Crippen molar-refractivity contribution in [2.45, 2.75) is 6.18 Å². The normalized spacial score (nSPS) is 24.9.